The Balaban J connectivity index is 1.93. The van der Waals surface area contributed by atoms with Crippen molar-refractivity contribution in [3.05, 3.63) is 39.9 Å². The van der Waals surface area contributed by atoms with Crippen LogP contribution in [0.15, 0.2) is 23.0 Å². The molecule has 1 N–H and O–H groups in total. The van der Waals surface area contributed by atoms with E-state index in [-0.39, 0.29) is 5.56 Å². The Morgan fingerprint density at radius 1 is 1.42 bits per heavy atom. The summed E-state index contributed by atoms with van der Waals surface area (Å²) in [6.07, 6.45) is 4.74. The lowest BCUT2D eigenvalue weighted by Gasteiger charge is -2.34. The number of methoxy groups -OCH3 is 1. The van der Waals surface area contributed by atoms with E-state index in [0.717, 1.165) is 13.0 Å². The van der Waals surface area contributed by atoms with Crippen molar-refractivity contribution in [2.24, 2.45) is 0 Å². The smallest absolute Gasteiger partial charge is 0.337 e. The number of nitrogens with zero attached hydrogens (tertiary/aromatic N) is 2. The van der Waals surface area contributed by atoms with Gasteiger partial charge in [-0.05, 0) is 44.0 Å². The molecule has 2 aromatic rings. The van der Waals surface area contributed by atoms with Crippen LogP contribution in [0.1, 0.15) is 48.8 Å². The number of carbonyl (C=O) groups is 1. The number of nitrogens with one attached hydrogen (secondary N) is 1. The minimum absolute atomic E-state index is 0.170. The summed E-state index contributed by atoms with van der Waals surface area (Å²) in [7, 11) is 1.34. The number of benzene rings is 1. The summed E-state index contributed by atoms with van der Waals surface area (Å²) in [5.41, 5.74) is 0.761. The van der Waals surface area contributed by atoms with E-state index in [1.165, 1.54) is 26.4 Å². The molecule has 1 aliphatic heterocycles. The largest absolute Gasteiger partial charge is 0.465 e. The molecule has 1 aromatic heterocycles. The molecule has 0 spiro atoms. The van der Waals surface area contributed by atoms with Gasteiger partial charge in [-0.25, -0.2) is 9.78 Å². The van der Waals surface area contributed by atoms with Gasteiger partial charge in [-0.2, -0.15) is 0 Å². The standard InChI is InChI=1S/C18H23N3O3/c1-3-13-6-4-5-9-21(13)11-16-19-15-10-12(18(23)24-2)7-8-14(15)17(22)20-16/h7-8,10,13H,3-6,9,11H2,1-2H3,(H,19,20,22). The number of fused-ring (bicyclic) bond motifs is 1. The van der Waals surface area contributed by atoms with E-state index in [0.29, 0.717) is 34.9 Å². The van der Waals surface area contributed by atoms with Crippen LogP contribution in [0.4, 0.5) is 0 Å². The number of hydrogen-bond donors (Lipinski definition) is 1. The van der Waals surface area contributed by atoms with Crippen LogP contribution in [0.5, 0.6) is 0 Å². The molecular formula is C18H23N3O3. The third-order valence-electron chi connectivity index (χ3n) is 4.75. The molecular weight excluding hydrogens is 306 g/mol. The Morgan fingerprint density at radius 3 is 3.00 bits per heavy atom. The topological polar surface area (TPSA) is 75.3 Å². The van der Waals surface area contributed by atoms with E-state index in [4.69, 9.17) is 4.74 Å². The normalized spacial score (nSPS) is 18.7. The lowest BCUT2D eigenvalue weighted by Crippen LogP contribution is -2.39. The van der Waals surface area contributed by atoms with Crippen molar-refractivity contribution in [2.75, 3.05) is 13.7 Å². The zero-order chi connectivity index (χ0) is 17.1. The first-order valence-electron chi connectivity index (χ1n) is 8.47. The second-order valence-electron chi connectivity index (χ2n) is 6.26. The molecule has 128 valence electrons. The third-order valence-corrected chi connectivity index (χ3v) is 4.75. The van der Waals surface area contributed by atoms with Crippen molar-refractivity contribution < 1.29 is 9.53 Å². The van der Waals surface area contributed by atoms with Gasteiger partial charge in [-0.1, -0.05) is 13.3 Å². The lowest BCUT2D eigenvalue weighted by molar-refractivity contribution is 0.0601. The maximum Gasteiger partial charge on any atom is 0.337 e. The first-order valence-corrected chi connectivity index (χ1v) is 8.47. The minimum atomic E-state index is -0.428. The molecule has 1 saturated heterocycles. The van der Waals surface area contributed by atoms with Crippen molar-refractivity contribution in [2.45, 2.75) is 45.2 Å². The van der Waals surface area contributed by atoms with Gasteiger partial charge in [0.05, 0.1) is 30.1 Å². The van der Waals surface area contributed by atoms with Gasteiger partial charge in [0, 0.05) is 6.04 Å². The van der Waals surface area contributed by atoms with Crippen molar-refractivity contribution in [1.29, 1.82) is 0 Å². The summed E-state index contributed by atoms with van der Waals surface area (Å²) in [4.78, 5) is 33.8. The molecule has 0 amide bonds. The molecule has 3 rings (SSSR count). The average molecular weight is 329 g/mol. The molecule has 0 aliphatic carbocycles. The molecule has 1 aromatic carbocycles. The predicted molar refractivity (Wildman–Crippen MR) is 92.0 cm³/mol. The van der Waals surface area contributed by atoms with E-state index in [1.54, 1.807) is 18.2 Å². The maximum absolute atomic E-state index is 12.3. The van der Waals surface area contributed by atoms with Crippen molar-refractivity contribution in [1.82, 2.24) is 14.9 Å². The number of carbonyl (C=O) groups excluding carboxylic acids is 1. The van der Waals surface area contributed by atoms with Crippen LogP contribution in [0.2, 0.25) is 0 Å². The zero-order valence-corrected chi connectivity index (χ0v) is 14.2. The van der Waals surface area contributed by atoms with Crippen LogP contribution in [0.25, 0.3) is 10.9 Å². The molecule has 0 saturated carbocycles. The van der Waals surface area contributed by atoms with Crippen molar-refractivity contribution in [3.8, 4) is 0 Å². The Kier molecular flexibility index (Phi) is 4.94. The predicted octanol–water partition coefficient (Wildman–Crippen LogP) is 2.47. The second kappa shape index (κ2) is 7.13. The fraction of sp³-hybridized carbons (Fsp3) is 0.500. The lowest BCUT2D eigenvalue weighted by atomic mass is 10.00. The highest BCUT2D eigenvalue weighted by molar-refractivity contribution is 5.93. The maximum atomic E-state index is 12.3. The number of likely N-dealkylation sites (tertiary alicyclic amines) is 1. The van der Waals surface area contributed by atoms with Crippen LogP contribution in [-0.2, 0) is 11.3 Å². The van der Waals surface area contributed by atoms with Gasteiger partial charge in [0.25, 0.3) is 5.56 Å². The average Bonchev–Trinajstić information content (AvgIpc) is 2.61. The van der Waals surface area contributed by atoms with Gasteiger partial charge < -0.3 is 9.72 Å². The molecule has 1 unspecified atom stereocenters. The summed E-state index contributed by atoms with van der Waals surface area (Å²) in [5, 5.41) is 0.483. The van der Waals surface area contributed by atoms with Gasteiger partial charge in [0.2, 0.25) is 0 Å². The minimum Gasteiger partial charge on any atom is -0.465 e. The first kappa shape index (κ1) is 16.6. The number of esters is 1. The molecule has 6 nitrogen and oxygen atoms in total. The number of aromatic amines is 1. The summed E-state index contributed by atoms with van der Waals surface area (Å²) >= 11 is 0. The van der Waals surface area contributed by atoms with E-state index in [9.17, 15) is 9.59 Å². The van der Waals surface area contributed by atoms with Gasteiger partial charge in [0.1, 0.15) is 5.82 Å². The highest BCUT2D eigenvalue weighted by atomic mass is 16.5. The first-order chi connectivity index (χ1) is 11.6. The summed E-state index contributed by atoms with van der Waals surface area (Å²) < 4.78 is 4.73. The molecule has 2 heterocycles. The van der Waals surface area contributed by atoms with Gasteiger partial charge in [-0.3, -0.25) is 9.69 Å². The molecule has 0 radical (unpaired) electrons. The SMILES string of the molecule is CCC1CCCCN1Cc1nc2cc(C(=O)OC)ccc2c(=O)[nH]1. The monoisotopic (exact) mass is 329 g/mol. The Morgan fingerprint density at radius 2 is 2.25 bits per heavy atom. The van der Waals surface area contributed by atoms with Gasteiger partial charge >= 0.3 is 5.97 Å². The Labute approximate surface area is 140 Å². The third kappa shape index (κ3) is 3.33. The molecule has 1 atom stereocenters. The number of ether oxygens (including phenoxy) is 1. The number of H-pyrrole nitrogens is 1. The fourth-order valence-electron chi connectivity index (χ4n) is 3.43. The van der Waals surface area contributed by atoms with Gasteiger partial charge in [-0.15, -0.1) is 0 Å². The number of piperidine rings is 1. The number of hydrogen-bond acceptors (Lipinski definition) is 5. The zero-order valence-electron chi connectivity index (χ0n) is 14.2. The summed E-state index contributed by atoms with van der Waals surface area (Å²) in [6.45, 7) is 3.86. The van der Waals surface area contributed by atoms with Crippen molar-refractivity contribution >= 4 is 16.9 Å². The van der Waals surface area contributed by atoms with E-state index in [2.05, 4.69) is 21.8 Å². The van der Waals surface area contributed by atoms with E-state index < -0.39 is 5.97 Å². The van der Waals surface area contributed by atoms with Crippen LogP contribution in [-0.4, -0.2) is 40.5 Å². The molecule has 0 bridgehead atoms. The Hall–Kier alpha value is -2.21. The summed E-state index contributed by atoms with van der Waals surface area (Å²) in [5.74, 6) is 0.220. The molecule has 24 heavy (non-hydrogen) atoms. The van der Waals surface area contributed by atoms with E-state index in [1.807, 2.05) is 0 Å². The fourth-order valence-corrected chi connectivity index (χ4v) is 3.43. The second-order valence-corrected chi connectivity index (χ2v) is 6.26. The molecule has 1 fully saturated rings. The molecule has 1 aliphatic rings. The quantitative estimate of drug-likeness (QED) is 0.872. The number of rotatable bonds is 4. The van der Waals surface area contributed by atoms with E-state index >= 15 is 0 Å². The summed E-state index contributed by atoms with van der Waals surface area (Å²) in [6, 6.07) is 5.37. The highest BCUT2D eigenvalue weighted by Crippen LogP contribution is 2.21. The Bertz CT molecular complexity index is 800. The van der Waals surface area contributed by atoms with Crippen molar-refractivity contribution in [3.63, 3.8) is 0 Å². The number of aromatic nitrogens is 2. The van der Waals surface area contributed by atoms with Crippen LogP contribution < -0.4 is 5.56 Å². The van der Waals surface area contributed by atoms with Gasteiger partial charge in [0.15, 0.2) is 0 Å². The van der Waals surface area contributed by atoms with Crippen LogP contribution >= 0.6 is 0 Å². The van der Waals surface area contributed by atoms with Crippen LogP contribution in [0.3, 0.4) is 0 Å². The highest BCUT2D eigenvalue weighted by Gasteiger charge is 2.21. The van der Waals surface area contributed by atoms with Crippen LogP contribution in [0, 0.1) is 0 Å². The molecule has 6 heteroatoms.